The molecule has 0 saturated carbocycles. The van der Waals surface area contributed by atoms with E-state index >= 15 is 14.4 Å². The van der Waals surface area contributed by atoms with Crippen molar-refractivity contribution in [3.63, 3.8) is 0 Å². The summed E-state index contributed by atoms with van der Waals surface area (Å²) in [6.07, 6.45) is 4.13. The third kappa shape index (κ3) is 26.2. The molecule has 7 rings (SSSR count). The normalized spacial score (nSPS) is 16.6. The molecule has 2 aromatic heterocycles. The first kappa shape index (κ1) is 87.0. The van der Waals surface area contributed by atoms with Crippen LogP contribution in [0.5, 0.6) is 0 Å². The highest BCUT2D eigenvalue weighted by atomic mass is 16.2. The monoisotopic (exact) mass is 1510 g/mol. The van der Waals surface area contributed by atoms with Crippen LogP contribution in [0.1, 0.15) is 148 Å². The van der Waals surface area contributed by atoms with E-state index in [0.717, 1.165) is 10.9 Å². The summed E-state index contributed by atoms with van der Waals surface area (Å²) in [7, 11) is 0. The Morgan fingerprint density at radius 1 is 0.468 bits per heavy atom. The lowest BCUT2D eigenvalue weighted by Gasteiger charge is -2.32. The van der Waals surface area contributed by atoms with Crippen molar-refractivity contribution in [3.05, 3.63) is 108 Å². The summed E-state index contributed by atoms with van der Waals surface area (Å²) in [5.74, 6) is -10.6. The van der Waals surface area contributed by atoms with E-state index in [9.17, 15) is 47.9 Å². The lowest BCUT2D eigenvalue weighted by atomic mass is 9.98. The highest BCUT2D eigenvalue weighted by Crippen LogP contribution is 2.26. The van der Waals surface area contributed by atoms with Gasteiger partial charge in [0.15, 0.2) is 5.96 Å². The van der Waals surface area contributed by atoms with Gasteiger partial charge in [-0.05, 0) is 131 Å². The average Bonchev–Trinajstić information content (AvgIpc) is 1.74. The standard InChI is InChI=1S/C75H108N20O13.CH4/c1-42(2)35-55(64(80)98)89-67(101)56(36-43(3)4)90-69(103)59(39-46-41-85-51-23-11-9-20-48(46)51)93-68(102)57(37-44-17-6-5-7-18-44)91-70(104)58(38-45-40-84-50-22-10-8-19-47(45)50)92-66(100)52(27-29-62(78)96)86-65(99)53(28-30-63(79)97)87-71(105)61-26-16-34-95(61)74(108)54(24-12-13-31-76)88-72(106)60-25-15-33-94(60)73(107)49(77)21-14-32-83-75(81)82;/h5-11,17-20,22-23,40-43,49,52-61,84-85H,12-16,21,24-39,76-77H2,1-4H3,(H2,78,96)(H2,79,97)(H2,80,98)(H,86,99)(H,87,105)(H,88,106)(H,89,101)(H,90,103)(H,91,104)(H,92,100)(H,93,102)(H4,81,82,83);1H4. The first-order valence-electron chi connectivity index (χ1n) is 37.1. The van der Waals surface area contributed by atoms with Gasteiger partial charge >= 0.3 is 0 Å². The number of para-hydroxylation sites is 2. The summed E-state index contributed by atoms with van der Waals surface area (Å²) in [4.78, 5) is 197. The molecule has 33 heteroatoms. The first-order valence-corrected chi connectivity index (χ1v) is 37.1. The van der Waals surface area contributed by atoms with Crippen LogP contribution in [-0.2, 0) is 81.6 Å². The van der Waals surface area contributed by atoms with Crippen molar-refractivity contribution in [1.82, 2.24) is 62.3 Å². The minimum Gasteiger partial charge on any atom is -0.370 e. The maximum Gasteiger partial charge on any atom is 0.245 e. The van der Waals surface area contributed by atoms with Gasteiger partial charge in [-0.2, -0.15) is 0 Å². The molecule has 109 heavy (non-hydrogen) atoms. The molecule has 0 bridgehead atoms. The topological polar surface area (TPSA) is 551 Å². The molecule has 4 heterocycles. The molecule has 11 unspecified atom stereocenters. The number of amides is 13. The first-order chi connectivity index (χ1) is 51.5. The van der Waals surface area contributed by atoms with E-state index < -0.39 is 169 Å². The van der Waals surface area contributed by atoms with E-state index in [1.54, 1.807) is 73.1 Å². The van der Waals surface area contributed by atoms with Crippen LogP contribution in [0.2, 0.25) is 0 Å². The van der Waals surface area contributed by atoms with Crippen LogP contribution in [0, 0.1) is 11.8 Å². The second kappa shape index (κ2) is 42.5. The molecule has 2 saturated heterocycles. The number of carbonyl (C=O) groups excluding carboxylic acids is 13. The van der Waals surface area contributed by atoms with Crippen LogP contribution >= 0.6 is 0 Å². The van der Waals surface area contributed by atoms with Crippen molar-refractivity contribution >= 4 is 105 Å². The lowest BCUT2D eigenvalue weighted by molar-refractivity contribution is -0.144. The third-order valence-electron chi connectivity index (χ3n) is 19.2. The largest absolute Gasteiger partial charge is 0.370 e. The van der Waals surface area contributed by atoms with Gasteiger partial charge in [0.2, 0.25) is 76.8 Å². The minimum atomic E-state index is -1.69. The molecule has 0 spiro atoms. The van der Waals surface area contributed by atoms with Gasteiger partial charge < -0.3 is 102 Å². The Labute approximate surface area is 634 Å². The van der Waals surface area contributed by atoms with Gasteiger partial charge in [0.1, 0.15) is 60.4 Å². The van der Waals surface area contributed by atoms with Crippen LogP contribution in [0.15, 0.2) is 96.2 Å². The number of aromatic amines is 2. The molecule has 24 N–H and O–H groups in total. The van der Waals surface area contributed by atoms with Gasteiger partial charge in [0.25, 0.3) is 0 Å². The van der Waals surface area contributed by atoms with E-state index in [4.69, 9.17) is 40.1 Å². The van der Waals surface area contributed by atoms with Crippen LogP contribution in [0.4, 0.5) is 0 Å². The van der Waals surface area contributed by atoms with Gasteiger partial charge in [-0.3, -0.25) is 67.3 Å². The molecular formula is C76H112N20O13. The molecule has 2 fully saturated rings. The Balaban J connectivity index is 0.0000186. The summed E-state index contributed by atoms with van der Waals surface area (Å²) >= 11 is 0. The fraction of sp³-hybridized carbons (Fsp3) is 0.526. The number of guanidine groups is 1. The number of hydrogen-bond acceptors (Lipinski definition) is 16. The predicted molar refractivity (Wildman–Crippen MR) is 412 cm³/mol. The number of nitrogens with zero attached hydrogens (tertiary/aromatic N) is 3. The number of carbonyl (C=O) groups is 13. The second-order valence-electron chi connectivity index (χ2n) is 28.7. The zero-order valence-electron chi connectivity index (χ0n) is 61.9. The number of unbranched alkanes of at least 4 members (excludes halogenated alkanes) is 1. The van der Waals surface area contributed by atoms with Gasteiger partial charge in [0.05, 0.1) is 6.04 Å². The van der Waals surface area contributed by atoms with Crippen molar-refractivity contribution in [2.75, 3.05) is 26.2 Å². The zero-order valence-corrected chi connectivity index (χ0v) is 61.9. The quantitative estimate of drug-likeness (QED) is 0.0136. The van der Waals surface area contributed by atoms with Gasteiger partial charge in [0, 0.05) is 85.9 Å². The zero-order chi connectivity index (χ0) is 78.7. The highest BCUT2D eigenvalue weighted by Gasteiger charge is 2.43. The highest BCUT2D eigenvalue weighted by molar-refractivity contribution is 6.00. The van der Waals surface area contributed by atoms with Crippen LogP contribution < -0.4 is 82.7 Å². The Bertz CT molecular complexity index is 3990. The van der Waals surface area contributed by atoms with E-state index in [-0.39, 0.29) is 103 Å². The summed E-state index contributed by atoms with van der Waals surface area (Å²) in [5.41, 5.74) is 43.1. The predicted octanol–water partition coefficient (Wildman–Crippen LogP) is -0.208. The van der Waals surface area contributed by atoms with E-state index in [0.29, 0.717) is 66.1 Å². The van der Waals surface area contributed by atoms with Crippen LogP contribution in [-0.4, -0.2) is 195 Å². The molecule has 11 atom stereocenters. The number of H-pyrrole nitrogens is 2. The van der Waals surface area contributed by atoms with Gasteiger partial charge in [-0.1, -0.05) is 102 Å². The Kier molecular flexibility index (Phi) is 33.9. The molecule has 3 aromatic carbocycles. The van der Waals surface area contributed by atoms with Crippen molar-refractivity contribution in [2.45, 2.75) is 217 Å². The molecule has 594 valence electrons. The average molecular weight is 1510 g/mol. The minimum absolute atomic E-state index is 0. The number of fused-ring (bicyclic) bond motifs is 2. The lowest BCUT2D eigenvalue weighted by Crippen LogP contribution is -2.61. The van der Waals surface area contributed by atoms with Crippen LogP contribution in [0.25, 0.3) is 21.8 Å². The Hall–Kier alpha value is -11.0. The molecule has 0 aliphatic carbocycles. The summed E-state index contributed by atoms with van der Waals surface area (Å²) in [6, 6.07) is 8.67. The van der Waals surface area contributed by atoms with E-state index in [2.05, 4.69) is 57.5 Å². The van der Waals surface area contributed by atoms with Crippen molar-refractivity contribution < 1.29 is 62.3 Å². The number of benzene rings is 3. The maximum absolute atomic E-state index is 15.4. The molecule has 2 aliphatic rings. The Morgan fingerprint density at radius 3 is 1.36 bits per heavy atom. The number of hydrogen-bond donors (Lipinski definition) is 17. The Morgan fingerprint density at radius 2 is 0.881 bits per heavy atom. The number of nitrogens with one attached hydrogen (secondary N) is 10. The molecule has 2 aliphatic heterocycles. The number of likely N-dealkylation sites (tertiary alicyclic amines) is 2. The molecular weight excluding hydrogens is 1400 g/mol. The number of primary amides is 3. The number of nitrogens with two attached hydrogens (primary N) is 7. The molecule has 0 radical (unpaired) electrons. The van der Waals surface area contributed by atoms with E-state index in [1.807, 2.05) is 45.9 Å². The third-order valence-corrected chi connectivity index (χ3v) is 19.2. The summed E-state index contributed by atoms with van der Waals surface area (Å²) in [6.45, 7) is 8.24. The summed E-state index contributed by atoms with van der Waals surface area (Å²) in [5, 5.41) is 23.5. The smallest absolute Gasteiger partial charge is 0.245 e. The number of rotatable bonds is 43. The van der Waals surface area contributed by atoms with E-state index in [1.165, 1.54) is 9.80 Å². The van der Waals surface area contributed by atoms with Crippen LogP contribution in [0.3, 0.4) is 0 Å². The fourth-order valence-electron chi connectivity index (χ4n) is 13.6. The van der Waals surface area contributed by atoms with Gasteiger partial charge in [-0.25, -0.2) is 0 Å². The second-order valence-corrected chi connectivity index (χ2v) is 28.7. The number of aliphatic imine (C=N–C) groups is 1. The fourth-order valence-corrected chi connectivity index (χ4v) is 13.6. The molecule has 5 aromatic rings. The van der Waals surface area contributed by atoms with Crippen molar-refractivity contribution in [2.24, 2.45) is 57.0 Å². The molecule has 13 amide bonds. The van der Waals surface area contributed by atoms with Crippen molar-refractivity contribution in [1.29, 1.82) is 0 Å². The van der Waals surface area contributed by atoms with Gasteiger partial charge in [-0.15, -0.1) is 0 Å². The van der Waals surface area contributed by atoms with Crippen molar-refractivity contribution in [3.8, 4) is 0 Å². The summed E-state index contributed by atoms with van der Waals surface area (Å²) < 4.78 is 0. The molecule has 33 nitrogen and oxygen atoms in total. The maximum atomic E-state index is 15.4. The SMILES string of the molecule is C.CC(C)CC(NC(=O)C(CC(C)C)NC(=O)C(Cc1c[nH]c2ccccc12)NC(=O)C(Cc1ccccc1)NC(=O)C(Cc1c[nH]c2ccccc12)NC(=O)C(CCC(N)=O)NC(=O)C(CCC(N)=O)NC(=O)C1CCCN1C(=O)C(CCCCN)NC(=O)C1CCCN1C(=O)C(N)CCCN=C(N)N)C(N)=O. The number of aromatic nitrogens is 2.